The average molecular weight is 371 g/mol. The number of hydrogen-bond donors (Lipinski definition) is 1. The smallest absolute Gasteiger partial charge is 0.387 e. The highest BCUT2D eigenvalue weighted by Crippen LogP contribution is 2.33. The lowest BCUT2D eigenvalue weighted by Gasteiger charge is -2.14. The minimum Gasteiger partial charge on any atom is -0.493 e. The molecule has 0 atom stereocenters. The van der Waals surface area contributed by atoms with Gasteiger partial charge in [0, 0.05) is 5.56 Å². The van der Waals surface area contributed by atoms with Crippen molar-refractivity contribution in [3.8, 4) is 22.9 Å². The van der Waals surface area contributed by atoms with Crippen LogP contribution in [0, 0.1) is 0 Å². The van der Waals surface area contributed by atoms with E-state index in [2.05, 4.69) is 20.0 Å². The molecule has 138 valence electrons. The topological polar surface area (TPSA) is 73.3 Å². The predicted molar refractivity (Wildman–Crippen MR) is 95.0 cm³/mol. The number of nitrogens with zero attached hydrogens (tertiary/aromatic N) is 2. The standard InChI is InChI=1S/C19H15F2N3O3/c1-26-15-9-5-8-14(16(15)27-19(20)21)18(25)24-13-10-22-17(23-11-13)12-6-3-2-4-7-12/h2-11,19H,1H3,(H,24,25). The zero-order valence-corrected chi connectivity index (χ0v) is 14.2. The maximum Gasteiger partial charge on any atom is 0.387 e. The Kier molecular flexibility index (Phi) is 5.55. The van der Waals surface area contributed by atoms with Crippen molar-refractivity contribution in [2.75, 3.05) is 12.4 Å². The van der Waals surface area contributed by atoms with Crippen LogP contribution in [0.4, 0.5) is 14.5 Å². The van der Waals surface area contributed by atoms with Crippen LogP contribution in [-0.4, -0.2) is 29.6 Å². The van der Waals surface area contributed by atoms with Crippen molar-refractivity contribution >= 4 is 11.6 Å². The van der Waals surface area contributed by atoms with E-state index in [1.54, 1.807) is 0 Å². The minimum atomic E-state index is -3.10. The molecule has 0 bridgehead atoms. The van der Waals surface area contributed by atoms with Gasteiger partial charge in [0.2, 0.25) is 0 Å². The molecular formula is C19H15F2N3O3. The lowest BCUT2D eigenvalue weighted by atomic mass is 10.1. The lowest BCUT2D eigenvalue weighted by molar-refractivity contribution is -0.0515. The summed E-state index contributed by atoms with van der Waals surface area (Å²) in [6.07, 6.45) is 2.86. The molecule has 0 saturated heterocycles. The molecule has 3 rings (SSSR count). The number of amides is 1. The van der Waals surface area contributed by atoms with Gasteiger partial charge in [-0.15, -0.1) is 0 Å². The summed E-state index contributed by atoms with van der Waals surface area (Å²) < 4.78 is 34.8. The van der Waals surface area contributed by atoms with Crippen LogP contribution in [0.3, 0.4) is 0 Å². The van der Waals surface area contributed by atoms with Crippen LogP contribution in [0.25, 0.3) is 11.4 Å². The largest absolute Gasteiger partial charge is 0.493 e. The zero-order valence-electron chi connectivity index (χ0n) is 14.2. The highest BCUT2D eigenvalue weighted by molar-refractivity contribution is 6.06. The summed E-state index contributed by atoms with van der Waals surface area (Å²) in [4.78, 5) is 20.9. The summed E-state index contributed by atoms with van der Waals surface area (Å²) >= 11 is 0. The quantitative estimate of drug-likeness (QED) is 0.709. The summed E-state index contributed by atoms with van der Waals surface area (Å²) in [5.74, 6) is -0.467. The maximum atomic E-state index is 12.7. The van der Waals surface area contributed by atoms with Crippen LogP contribution in [-0.2, 0) is 0 Å². The molecule has 0 aliphatic rings. The Bertz CT molecular complexity index is 919. The van der Waals surface area contributed by atoms with Crippen molar-refractivity contribution in [3.63, 3.8) is 0 Å². The van der Waals surface area contributed by atoms with Crippen LogP contribution in [0.1, 0.15) is 10.4 Å². The Hall–Kier alpha value is -3.55. The summed E-state index contributed by atoms with van der Waals surface area (Å²) in [5.41, 5.74) is 1.04. The number of halogens is 2. The molecule has 1 amide bonds. The van der Waals surface area contributed by atoms with Crippen LogP contribution >= 0.6 is 0 Å². The number of rotatable bonds is 6. The normalized spacial score (nSPS) is 10.5. The zero-order chi connectivity index (χ0) is 19.2. The van der Waals surface area contributed by atoms with E-state index in [-0.39, 0.29) is 17.1 Å². The second-order valence-corrected chi connectivity index (χ2v) is 5.33. The van der Waals surface area contributed by atoms with E-state index in [0.29, 0.717) is 11.5 Å². The van der Waals surface area contributed by atoms with Gasteiger partial charge in [-0.1, -0.05) is 36.4 Å². The van der Waals surface area contributed by atoms with Crippen LogP contribution in [0.5, 0.6) is 11.5 Å². The van der Waals surface area contributed by atoms with Crippen molar-refractivity contribution < 1.29 is 23.0 Å². The van der Waals surface area contributed by atoms with E-state index in [1.807, 2.05) is 30.3 Å². The number of carbonyl (C=O) groups excluding carboxylic acids is 1. The number of alkyl halides is 2. The van der Waals surface area contributed by atoms with Gasteiger partial charge in [0.05, 0.1) is 30.8 Å². The summed E-state index contributed by atoms with van der Waals surface area (Å²) in [7, 11) is 1.30. The van der Waals surface area contributed by atoms with E-state index in [1.165, 1.54) is 37.7 Å². The Morgan fingerprint density at radius 2 is 1.74 bits per heavy atom. The number of hydrogen-bond acceptors (Lipinski definition) is 5. The number of anilines is 1. The Balaban J connectivity index is 1.81. The van der Waals surface area contributed by atoms with Gasteiger partial charge in [-0.05, 0) is 12.1 Å². The molecule has 0 aliphatic heterocycles. The van der Waals surface area contributed by atoms with E-state index >= 15 is 0 Å². The number of benzene rings is 2. The second-order valence-electron chi connectivity index (χ2n) is 5.33. The number of aromatic nitrogens is 2. The SMILES string of the molecule is COc1cccc(C(=O)Nc2cnc(-c3ccccc3)nc2)c1OC(F)F. The van der Waals surface area contributed by atoms with Gasteiger partial charge in [-0.25, -0.2) is 9.97 Å². The first-order valence-corrected chi connectivity index (χ1v) is 7.89. The van der Waals surface area contributed by atoms with Crippen molar-refractivity contribution in [1.82, 2.24) is 9.97 Å². The molecule has 8 heteroatoms. The van der Waals surface area contributed by atoms with Crippen LogP contribution in [0.2, 0.25) is 0 Å². The first-order chi connectivity index (χ1) is 13.1. The Morgan fingerprint density at radius 1 is 1.04 bits per heavy atom. The van der Waals surface area contributed by atoms with Crippen molar-refractivity contribution in [1.29, 1.82) is 0 Å². The summed E-state index contributed by atoms with van der Waals surface area (Å²) in [5, 5.41) is 2.56. The van der Waals surface area contributed by atoms with Gasteiger partial charge < -0.3 is 14.8 Å². The fourth-order valence-corrected chi connectivity index (χ4v) is 2.39. The molecule has 0 saturated carbocycles. The molecule has 27 heavy (non-hydrogen) atoms. The number of carbonyl (C=O) groups is 1. The first-order valence-electron chi connectivity index (χ1n) is 7.89. The molecular weight excluding hydrogens is 356 g/mol. The molecule has 0 unspecified atom stereocenters. The molecule has 1 heterocycles. The molecule has 1 N–H and O–H groups in total. The minimum absolute atomic E-state index is 0.0265. The number of ether oxygens (including phenoxy) is 2. The van der Waals surface area contributed by atoms with E-state index in [0.717, 1.165) is 5.56 Å². The van der Waals surface area contributed by atoms with Crippen molar-refractivity contribution in [2.24, 2.45) is 0 Å². The molecule has 1 aromatic heterocycles. The maximum absolute atomic E-state index is 12.7. The number of para-hydroxylation sites is 1. The van der Waals surface area contributed by atoms with Gasteiger partial charge in [-0.2, -0.15) is 8.78 Å². The summed E-state index contributed by atoms with van der Waals surface area (Å²) in [6.45, 7) is -3.10. The van der Waals surface area contributed by atoms with Gasteiger partial charge in [-0.3, -0.25) is 4.79 Å². The molecule has 0 fully saturated rings. The third-order valence-corrected chi connectivity index (χ3v) is 3.59. The summed E-state index contributed by atoms with van der Waals surface area (Å²) in [6, 6.07) is 13.6. The average Bonchev–Trinajstić information content (AvgIpc) is 2.69. The highest BCUT2D eigenvalue weighted by Gasteiger charge is 2.20. The molecule has 6 nitrogen and oxygen atoms in total. The second kappa shape index (κ2) is 8.22. The molecule has 0 radical (unpaired) electrons. The Morgan fingerprint density at radius 3 is 2.37 bits per heavy atom. The molecule has 2 aromatic carbocycles. The Labute approximate surface area is 153 Å². The fraction of sp³-hybridized carbons (Fsp3) is 0.105. The molecule has 0 aliphatic carbocycles. The predicted octanol–water partition coefficient (Wildman–Crippen LogP) is 4.01. The van der Waals surface area contributed by atoms with E-state index in [4.69, 9.17) is 4.74 Å². The monoisotopic (exact) mass is 371 g/mol. The van der Waals surface area contributed by atoms with Crippen LogP contribution in [0.15, 0.2) is 60.9 Å². The molecule has 3 aromatic rings. The van der Waals surface area contributed by atoms with Crippen LogP contribution < -0.4 is 14.8 Å². The van der Waals surface area contributed by atoms with E-state index < -0.39 is 12.5 Å². The first kappa shape index (κ1) is 18.2. The third-order valence-electron chi connectivity index (χ3n) is 3.59. The fourth-order valence-electron chi connectivity index (χ4n) is 2.39. The van der Waals surface area contributed by atoms with Crippen molar-refractivity contribution in [2.45, 2.75) is 6.61 Å². The van der Waals surface area contributed by atoms with Gasteiger partial charge in [0.25, 0.3) is 5.91 Å². The highest BCUT2D eigenvalue weighted by atomic mass is 19.3. The number of nitrogens with one attached hydrogen (secondary N) is 1. The third kappa shape index (κ3) is 4.35. The van der Waals surface area contributed by atoms with Gasteiger partial charge in [0.15, 0.2) is 17.3 Å². The van der Waals surface area contributed by atoms with Gasteiger partial charge >= 0.3 is 6.61 Å². The van der Waals surface area contributed by atoms with E-state index in [9.17, 15) is 13.6 Å². The van der Waals surface area contributed by atoms with Gasteiger partial charge in [0.1, 0.15) is 0 Å². The molecule has 0 spiro atoms. The number of methoxy groups -OCH3 is 1. The van der Waals surface area contributed by atoms with Crippen molar-refractivity contribution in [3.05, 3.63) is 66.5 Å². The lowest BCUT2D eigenvalue weighted by Crippen LogP contribution is -2.16.